The molecule has 8 heteroatoms. The molecule has 0 amide bonds. The fourth-order valence-corrected chi connectivity index (χ4v) is 3.18. The predicted molar refractivity (Wildman–Crippen MR) is 120 cm³/mol. The molecule has 0 spiro atoms. The highest BCUT2D eigenvalue weighted by atomic mass is 35.5. The second-order valence-electron chi connectivity index (χ2n) is 6.59. The number of carboxylic acids is 1. The third kappa shape index (κ3) is 6.59. The first kappa shape index (κ1) is 24.5. The van der Waals surface area contributed by atoms with E-state index in [1.165, 1.54) is 13.2 Å². The number of carbonyl (C=O) groups is 1. The standard InChI is InChI=1S/C23H21ClFNO4.ClH/c1-29-21-11-16(13-26-12-15-6-8-17(9-7-15)23(27)28)10-19(24)22(21)30-14-18-4-2-3-5-20(18)25;/h2-11,26H,12-14H2,1H3,(H,27,28);1H. The zero-order chi connectivity index (χ0) is 21.5. The number of nitrogens with one attached hydrogen (secondary N) is 1. The molecule has 2 N–H and O–H groups in total. The van der Waals surface area contributed by atoms with Gasteiger partial charge in [0, 0.05) is 18.7 Å². The van der Waals surface area contributed by atoms with E-state index in [0.29, 0.717) is 35.2 Å². The van der Waals surface area contributed by atoms with Crippen LogP contribution in [-0.2, 0) is 19.7 Å². The maximum absolute atomic E-state index is 13.8. The summed E-state index contributed by atoms with van der Waals surface area (Å²) in [5, 5.41) is 12.6. The highest BCUT2D eigenvalue weighted by Crippen LogP contribution is 2.37. The van der Waals surface area contributed by atoms with Crippen molar-refractivity contribution in [3.05, 3.63) is 93.8 Å². The van der Waals surface area contributed by atoms with E-state index in [1.807, 2.05) is 6.07 Å². The molecule has 5 nitrogen and oxygen atoms in total. The molecule has 0 saturated heterocycles. The molecule has 3 aromatic rings. The summed E-state index contributed by atoms with van der Waals surface area (Å²) in [7, 11) is 1.52. The minimum atomic E-state index is -0.950. The molecule has 0 saturated carbocycles. The van der Waals surface area contributed by atoms with Crippen molar-refractivity contribution < 1.29 is 23.8 Å². The highest BCUT2D eigenvalue weighted by Gasteiger charge is 2.13. The molecule has 31 heavy (non-hydrogen) atoms. The van der Waals surface area contributed by atoms with Crippen molar-refractivity contribution in [1.82, 2.24) is 5.32 Å². The van der Waals surface area contributed by atoms with E-state index in [1.54, 1.807) is 48.5 Å². The van der Waals surface area contributed by atoms with Crippen LogP contribution in [0.5, 0.6) is 11.5 Å². The summed E-state index contributed by atoms with van der Waals surface area (Å²) >= 11 is 6.38. The van der Waals surface area contributed by atoms with Gasteiger partial charge in [-0.15, -0.1) is 12.4 Å². The van der Waals surface area contributed by atoms with Gasteiger partial charge in [-0.2, -0.15) is 0 Å². The number of ether oxygens (including phenoxy) is 2. The van der Waals surface area contributed by atoms with E-state index in [4.69, 9.17) is 26.2 Å². The van der Waals surface area contributed by atoms with Crippen molar-refractivity contribution in [3.8, 4) is 11.5 Å². The van der Waals surface area contributed by atoms with E-state index in [0.717, 1.165) is 11.1 Å². The van der Waals surface area contributed by atoms with E-state index in [-0.39, 0.29) is 30.4 Å². The van der Waals surface area contributed by atoms with Crippen LogP contribution in [0.15, 0.2) is 60.7 Å². The molecule has 164 valence electrons. The number of hydrogen-bond donors (Lipinski definition) is 2. The first-order valence-electron chi connectivity index (χ1n) is 9.23. The Morgan fingerprint density at radius 3 is 2.39 bits per heavy atom. The quantitative estimate of drug-likeness (QED) is 0.438. The van der Waals surface area contributed by atoms with Crippen LogP contribution in [-0.4, -0.2) is 18.2 Å². The number of carboxylic acid groups (broad SMARTS) is 1. The van der Waals surface area contributed by atoms with Crippen LogP contribution >= 0.6 is 24.0 Å². The van der Waals surface area contributed by atoms with Crippen molar-refractivity contribution in [2.24, 2.45) is 0 Å². The molecular weight excluding hydrogens is 444 g/mol. The van der Waals surface area contributed by atoms with Crippen LogP contribution < -0.4 is 14.8 Å². The number of methoxy groups -OCH3 is 1. The molecular formula is C23H22Cl2FNO4. The van der Waals surface area contributed by atoms with Crippen molar-refractivity contribution >= 4 is 30.0 Å². The lowest BCUT2D eigenvalue weighted by Gasteiger charge is -2.15. The number of aromatic carboxylic acids is 1. The van der Waals surface area contributed by atoms with Gasteiger partial charge >= 0.3 is 5.97 Å². The van der Waals surface area contributed by atoms with Gasteiger partial charge < -0.3 is 19.9 Å². The van der Waals surface area contributed by atoms with Crippen LogP contribution in [0.3, 0.4) is 0 Å². The minimum Gasteiger partial charge on any atom is -0.493 e. The predicted octanol–water partition coefficient (Wildman–Crippen LogP) is 5.48. The molecule has 0 bridgehead atoms. The maximum Gasteiger partial charge on any atom is 0.335 e. The first-order chi connectivity index (χ1) is 14.5. The van der Waals surface area contributed by atoms with Gasteiger partial charge in [0.2, 0.25) is 0 Å². The van der Waals surface area contributed by atoms with Gasteiger partial charge in [-0.25, -0.2) is 9.18 Å². The molecule has 0 radical (unpaired) electrons. The molecule has 0 heterocycles. The molecule has 0 atom stereocenters. The average Bonchev–Trinajstić information content (AvgIpc) is 2.74. The van der Waals surface area contributed by atoms with Crippen LogP contribution in [0.1, 0.15) is 27.0 Å². The molecule has 3 rings (SSSR count). The molecule has 0 unspecified atom stereocenters. The molecule has 3 aromatic carbocycles. The summed E-state index contributed by atoms with van der Waals surface area (Å²) in [6.07, 6.45) is 0. The lowest BCUT2D eigenvalue weighted by Crippen LogP contribution is -2.13. The summed E-state index contributed by atoms with van der Waals surface area (Å²) in [6, 6.07) is 16.6. The van der Waals surface area contributed by atoms with Crippen molar-refractivity contribution in [3.63, 3.8) is 0 Å². The maximum atomic E-state index is 13.8. The van der Waals surface area contributed by atoms with Crippen molar-refractivity contribution in [2.75, 3.05) is 7.11 Å². The monoisotopic (exact) mass is 465 g/mol. The number of halogens is 3. The molecule has 0 aromatic heterocycles. The fraction of sp³-hybridized carbons (Fsp3) is 0.174. The van der Waals surface area contributed by atoms with Gasteiger partial charge in [0.1, 0.15) is 12.4 Å². The lowest BCUT2D eigenvalue weighted by molar-refractivity contribution is 0.0697. The van der Waals surface area contributed by atoms with E-state index >= 15 is 0 Å². The zero-order valence-electron chi connectivity index (χ0n) is 16.7. The van der Waals surface area contributed by atoms with Gasteiger partial charge in [-0.05, 0) is 41.5 Å². The normalized spacial score (nSPS) is 10.3. The summed E-state index contributed by atoms with van der Waals surface area (Å²) in [6.45, 7) is 1.11. The smallest absolute Gasteiger partial charge is 0.335 e. The van der Waals surface area contributed by atoms with Crippen molar-refractivity contribution in [2.45, 2.75) is 19.7 Å². The Morgan fingerprint density at radius 2 is 1.74 bits per heavy atom. The molecule has 0 aliphatic rings. The van der Waals surface area contributed by atoms with Gasteiger partial charge in [0.05, 0.1) is 17.7 Å². The SMILES string of the molecule is COc1cc(CNCc2ccc(C(=O)O)cc2)cc(Cl)c1OCc1ccccc1F.Cl. The van der Waals surface area contributed by atoms with Gasteiger partial charge in [-0.3, -0.25) is 0 Å². The second kappa shape index (κ2) is 11.6. The second-order valence-corrected chi connectivity index (χ2v) is 7.00. The largest absolute Gasteiger partial charge is 0.493 e. The Bertz CT molecular complexity index is 1030. The molecule has 0 fully saturated rings. The van der Waals surface area contributed by atoms with Gasteiger partial charge in [0.25, 0.3) is 0 Å². The Kier molecular flexibility index (Phi) is 9.12. The fourth-order valence-electron chi connectivity index (χ4n) is 2.90. The summed E-state index contributed by atoms with van der Waals surface area (Å²) in [5.74, 6) is -0.477. The van der Waals surface area contributed by atoms with Crippen LogP contribution in [0, 0.1) is 5.82 Å². The summed E-state index contributed by atoms with van der Waals surface area (Å²) in [4.78, 5) is 10.9. The van der Waals surface area contributed by atoms with Crippen molar-refractivity contribution in [1.29, 1.82) is 0 Å². The Morgan fingerprint density at radius 1 is 1.06 bits per heavy atom. The molecule has 0 aliphatic heterocycles. The first-order valence-corrected chi connectivity index (χ1v) is 9.61. The van der Waals surface area contributed by atoms with Gasteiger partial charge in [0.15, 0.2) is 11.5 Å². The number of rotatable bonds is 9. The molecule has 0 aliphatic carbocycles. The Labute approximate surface area is 191 Å². The van der Waals surface area contributed by atoms with E-state index in [9.17, 15) is 9.18 Å². The summed E-state index contributed by atoms with van der Waals surface area (Å²) < 4.78 is 24.9. The lowest BCUT2D eigenvalue weighted by atomic mass is 10.1. The van der Waals surface area contributed by atoms with Gasteiger partial charge in [-0.1, -0.05) is 41.9 Å². The number of hydrogen-bond acceptors (Lipinski definition) is 4. The third-order valence-corrected chi connectivity index (χ3v) is 4.76. The topological polar surface area (TPSA) is 67.8 Å². The summed E-state index contributed by atoms with van der Waals surface area (Å²) in [5.41, 5.74) is 2.52. The Balaban J connectivity index is 0.00000341. The van der Waals surface area contributed by atoms with E-state index in [2.05, 4.69) is 5.32 Å². The zero-order valence-corrected chi connectivity index (χ0v) is 18.3. The number of benzene rings is 3. The van der Waals surface area contributed by atoms with E-state index < -0.39 is 5.97 Å². The van der Waals surface area contributed by atoms with Crippen LogP contribution in [0.25, 0.3) is 0 Å². The third-order valence-electron chi connectivity index (χ3n) is 4.48. The van der Waals surface area contributed by atoms with Crippen LogP contribution in [0.4, 0.5) is 4.39 Å². The minimum absolute atomic E-state index is 0. The highest BCUT2D eigenvalue weighted by molar-refractivity contribution is 6.32. The average molecular weight is 466 g/mol. The Hall–Kier alpha value is -2.80. The van der Waals surface area contributed by atoms with Crippen LogP contribution in [0.2, 0.25) is 5.02 Å².